The lowest BCUT2D eigenvalue weighted by molar-refractivity contribution is 0.0730. The van der Waals surface area contributed by atoms with E-state index in [1.165, 1.54) is 17.0 Å². The zero-order chi connectivity index (χ0) is 33.5. The Bertz CT molecular complexity index is 2100. The third-order valence-electron chi connectivity index (χ3n) is 8.54. The van der Waals surface area contributed by atoms with Crippen LogP contribution < -0.4 is 4.72 Å². The predicted octanol–water partition coefficient (Wildman–Crippen LogP) is 3.92. The minimum atomic E-state index is -4.40. The molecule has 2 heterocycles. The normalized spacial score (nSPS) is 15.2. The molecule has 6 rings (SSSR count). The van der Waals surface area contributed by atoms with Crippen LogP contribution in [0.25, 0.3) is 0 Å². The van der Waals surface area contributed by atoms with Gasteiger partial charge in [-0.1, -0.05) is 54.1 Å². The standard InChI is InChI=1S/C33H32ClN3O8S2/c34-26-7-3-4-21(16-26)10-13-35-46(42,43)27-9-8-23-11-14-36(19-25(23)17-27)33(41)28-18-29(31(39)32(40)30(28)38)47(44,45)37-15-12-22-5-1-2-6-24(22)20-37/h1-9,16-18,35,38-40H,10-15,19-20H2. The molecule has 4 aromatic rings. The fourth-order valence-corrected chi connectivity index (χ4v) is 8.77. The maximum atomic E-state index is 13.7. The van der Waals surface area contributed by atoms with E-state index >= 15 is 0 Å². The first-order valence-corrected chi connectivity index (χ1v) is 18.2. The van der Waals surface area contributed by atoms with Crippen LogP contribution in [-0.4, -0.2) is 66.9 Å². The lowest BCUT2D eigenvalue weighted by Gasteiger charge is -2.30. The number of aromatic hydroxyl groups is 3. The third-order valence-corrected chi connectivity index (χ3v) is 12.1. The Balaban J connectivity index is 1.22. The molecule has 4 aromatic carbocycles. The van der Waals surface area contributed by atoms with Gasteiger partial charge in [0.05, 0.1) is 10.5 Å². The molecule has 14 heteroatoms. The summed E-state index contributed by atoms with van der Waals surface area (Å²) >= 11 is 6.02. The first-order chi connectivity index (χ1) is 22.3. The Morgan fingerprint density at radius 3 is 2.26 bits per heavy atom. The van der Waals surface area contributed by atoms with Gasteiger partial charge in [-0.25, -0.2) is 21.6 Å². The van der Waals surface area contributed by atoms with Gasteiger partial charge in [0.1, 0.15) is 4.90 Å². The molecule has 0 atom stereocenters. The van der Waals surface area contributed by atoms with Crippen molar-refractivity contribution in [3.63, 3.8) is 0 Å². The second kappa shape index (κ2) is 12.8. The number of fused-ring (bicyclic) bond motifs is 2. The number of hydrogen-bond acceptors (Lipinski definition) is 8. The Kier molecular flexibility index (Phi) is 8.94. The van der Waals surface area contributed by atoms with Gasteiger partial charge in [0.2, 0.25) is 25.8 Å². The van der Waals surface area contributed by atoms with Gasteiger partial charge in [-0.3, -0.25) is 4.79 Å². The molecule has 2 aliphatic heterocycles. The van der Waals surface area contributed by atoms with Crippen LogP contribution in [0.5, 0.6) is 17.2 Å². The summed E-state index contributed by atoms with van der Waals surface area (Å²) in [7, 11) is -8.29. The van der Waals surface area contributed by atoms with Crippen molar-refractivity contribution in [1.82, 2.24) is 13.9 Å². The number of nitrogens with zero attached hydrogens (tertiary/aromatic N) is 2. The van der Waals surface area contributed by atoms with E-state index in [1.807, 2.05) is 24.3 Å². The Morgan fingerprint density at radius 2 is 1.49 bits per heavy atom. The van der Waals surface area contributed by atoms with Crippen molar-refractivity contribution in [3.8, 4) is 17.2 Å². The van der Waals surface area contributed by atoms with Crippen molar-refractivity contribution in [2.45, 2.75) is 42.1 Å². The van der Waals surface area contributed by atoms with Crippen molar-refractivity contribution >= 4 is 37.6 Å². The number of halogens is 1. The lowest BCUT2D eigenvalue weighted by Crippen LogP contribution is -2.37. The SMILES string of the molecule is O=C(c1cc(S(=O)(=O)N2CCc3ccccc3C2)c(O)c(O)c1O)N1CCc2ccc(S(=O)(=O)NCCc3cccc(Cl)c3)cc2C1. The van der Waals surface area contributed by atoms with E-state index in [-0.39, 0.29) is 37.6 Å². The Labute approximate surface area is 277 Å². The van der Waals surface area contributed by atoms with Crippen molar-refractivity contribution < 1.29 is 36.9 Å². The van der Waals surface area contributed by atoms with Crippen LogP contribution in [0.15, 0.2) is 82.6 Å². The monoisotopic (exact) mass is 697 g/mol. The lowest BCUT2D eigenvalue weighted by atomic mass is 9.99. The Hall–Kier alpha value is -4.14. The van der Waals surface area contributed by atoms with Crippen LogP contribution in [0.1, 0.15) is 38.2 Å². The van der Waals surface area contributed by atoms with Crippen molar-refractivity contribution in [1.29, 1.82) is 0 Å². The number of phenols is 3. The zero-order valence-electron chi connectivity index (χ0n) is 25.1. The number of benzene rings is 4. The van der Waals surface area contributed by atoms with E-state index in [0.29, 0.717) is 29.8 Å². The molecular weight excluding hydrogens is 666 g/mol. The van der Waals surface area contributed by atoms with Gasteiger partial charge in [-0.05, 0) is 77.4 Å². The van der Waals surface area contributed by atoms with Crippen LogP contribution in [0.3, 0.4) is 0 Å². The van der Waals surface area contributed by atoms with Gasteiger partial charge in [0, 0.05) is 37.7 Å². The average molecular weight is 698 g/mol. The average Bonchev–Trinajstić information content (AvgIpc) is 3.06. The summed E-state index contributed by atoms with van der Waals surface area (Å²) in [5, 5.41) is 32.4. The quantitative estimate of drug-likeness (QED) is 0.201. The predicted molar refractivity (Wildman–Crippen MR) is 174 cm³/mol. The number of amides is 1. The summed E-state index contributed by atoms with van der Waals surface area (Å²) in [5.74, 6) is -3.93. The summed E-state index contributed by atoms with van der Waals surface area (Å²) in [6, 6.07) is 20.1. The van der Waals surface area contributed by atoms with Crippen LogP contribution in [-0.2, 0) is 52.4 Å². The molecule has 0 fully saturated rings. The molecule has 2 aliphatic rings. The molecule has 4 N–H and O–H groups in total. The van der Waals surface area contributed by atoms with E-state index in [9.17, 15) is 36.9 Å². The van der Waals surface area contributed by atoms with Crippen LogP contribution >= 0.6 is 11.6 Å². The van der Waals surface area contributed by atoms with Gasteiger partial charge in [-0.2, -0.15) is 4.31 Å². The van der Waals surface area contributed by atoms with Crippen molar-refractivity contribution in [3.05, 3.63) is 111 Å². The molecular formula is C33H32ClN3O8S2. The summed E-state index contributed by atoms with van der Waals surface area (Å²) in [4.78, 5) is 14.4. The molecule has 47 heavy (non-hydrogen) atoms. The van der Waals surface area contributed by atoms with Crippen LogP contribution in [0.4, 0.5) is 0 Å². The third kappa shape index (κ3) is 6.54. The van der Waals surface area contributed by atoms with Gasteiger partial charge in [0.15, 0.2) is 11.5 Å². The smallest absolute Gasteiger partial charge is 0.258 e. The molecule has 246 valence electrons. The number of nitrogens with one attached hydrogen (secondary N) is 1. The minimum absolute atomic E-state index is 0.0123. The molecule has 0 aliphatic carbocycles. The number of carbonyl (C=O) groups is 1. The van der Waals surface area contributed by atoms with Crippen LogP contribution in [0.2, 0.25) is 5.02 Å². The van der Waals surface area contributed by atoms with Gasteiger partial charge in [0.25, 0.3) is 5.91 Å². The van der Waals surface area contributed by atoms with Gasteiger partial charge < -0.3 is 20.2 Å². The molecule has 0 bridgehead atoms. The maximum Gasteiger partial charge on any atom is 0.258 e. The number of hydrogen-bond donors (Lipinski definition) is 4. The number of sulfonamides is 2. The minimum Gasteiger partial charge on any atom is -0.504 e. The Morgan fingerprint density at radius 1 is 0.766 bits per heavy atom. The van der Waals surface area contributed by atoms with E-state index in [2.05, 4.69) is 4.72 Å². The largest absolute Gasteiger partial charge is 0.504 e. The van der Waals surface area contributed by atoms with Crippen molar-refractivity contribution in [2.75, 3.05) is 19.6 Å². The van der Waals surface area contributed by atoms with E-state index < -0.39 is 53.7 Å². The highest BCUT2D eigenvalue weighted by atomic mass is 35.5. The van der Waals surface area contributed by atoms with Gasteiger partial charge in [-0.15, -0.1) is 0 Å². The number of rotatable bonds is 8. The highest BCUT2D eigenvalue weighted by Gasteiger charge is 2.35. The summed E-state index contributed by atoms with van der Waals surface area (Å²) in [5.41, 5.74) is 3.56. The molecule has 0 aromatic heterocycles. The topological polar surface area (TPSA) is 165 Å². The molecule has 0 radical (unpaired) electrons. The second-order valence-electron chi connectivity index (χ2n) is 11.5. The first kappa shape index (κ1) is 32.8. The highest BCUT2D eigenvalue weighted by molar-refractivity contribution is 7.89. The zero-order valence-corrected chi connectivity index (χ0v) is 27.4. The molecule has 11 nitrogen and oxygen atoms in total. The first-order valence-electron chi connectivity index (χ1n) is 14.8. The molecule has 0 spiro atoms. The fraction of sp³-hybridized carbons (Fsp3) is 0.242. The van der Waals surface area contributed by atoms with E-state index in [1.54, 1.807) is 30.3 Å². The summed E-state index contributed by atoms with van der Waals surface area (Å²) in [6.07, 6.45) is 1.24. The van der Waals surface area contributed by atoms with Gasteiger partial charge >= 0.3 is 0 Å². The molecule has 0 saturated carbocycles. The van der Waals surface area contributed by atoms with Crippen molar-refractivity contribution in [2.24, 2.45) is 0 Å². The maximum absolute atomic E-state index is 13.7. The summed E-state index contributed by atoms with van der Waals surface area (Å²) in [6.45, 7) is 0.441. The molecule has 1 amide bonds. The number of phenolic OH excluding ortho intramolecular Hbond substituents is 3. The van der Waals surface area contributed by atoms with Crippen LogP contribution in [0, 0.1) is 0 Å². The fourth-order valence-electron chi connectivity index (χ4n) is 5.95. The highest BCUT2D eigenvalue weighted by Crippen LogP contribution is 2.44. The summed E-state index contributed by atoms with van der Waals surface area (Å²) < 4.78 is 57.3. The molecule has 0 unspecified atom stereocenters. The van der Waals surface area contributed by atoms with E-state index in [0.717, 1.165) is 32.6 Å². The second-order valence-corrected chi connectivity index (χ2v) is 15.6. The number of carbonyl (C=O) groups excluding carboxylic acids is 1. The van der Waals surface area contributed by atoms with E-state index in [4.69, 9.17) is 11.6 Å². The molecule has 0 saturated heterocycles.